The van der Waals surface area contributed by atoms with Gasteiger partial charge in [0.1, 0.15) is 6.42 Å². The summed E-state index contributed by atoms with van der Waals surface area (Å²) in [6.07, 6.45) is 2.62. The van der Waals surface area contributed by atoms with Crippen LogP contribution < -0.4 is 0 Å². The van der Waals surface area contributed by atoms with E-state index in [-0.39, 0.29) is 12.2 Å². The Morgan fingerprint density at radius 3 is 2.41 bits per heavy atom. The second kappa shape index (κ2) is 8.11. The van der Waals surface area contributed by atoms with Crippen molar-refractivity contribution in [2.24, 2.45) is 0 Å². The van der Waals surface area contributed by atoms with Gasteiger partial charge in [0, 0.05) is 5.41 Å². The molecule has 0 heterocycles. The number of hydrogen-bond donors (Lipinski definition) is 0. The van der Waals surface area contributed by atoms with Crippen molar-refractivity contribution in [1.29, 1.82) is 0 Å². The summed E-state index contributed by atoms with van der Waals surface area (Å²) in [5.41, 5.74) is 2.74. The van der Waals surface area contributed by atoms with Crippen LogP contribution in [0.25, 0.3) is 0 Å². The van der Waals surface area contributed by atoms with Gasteiger partial charge in [-0.05, 0) is 50.3 Å². The highest BCUT2D eigenvalue weighted by atomic mass is 16.5. The topological polar surface area (TPSA) is 43.4 Å². The quantitative estimate of drug-likeness (QED) is 0.412. The van der Waals surface area contributed by atoms with E-state index in [2.05, 4.69) is 26.0 Å². The first-order chi connectivity index (χ1) is 10.3. The summed E-state index contributed by atoms with van der Waals surface area (Å²) in [4.78, 5) is 24.2. The van der Waals surface area contributed by atoms with Crippen LogP contribution in [-0.2, 0) is 26.2 Å². The lowest BCUT2D eigenvalue weighted by atomic mass is 9.78. The van der Waals surface area contributed by atoms with E-state index in [0.29, 0.717) is 6.61 Å². The summed E-state index contributed by atoms with van der Waals surface area (Å²) in [6, 6.07) is 6.12. The highest BCUT2D eigenvalue weighted by Gasteiger charge is 2.31. The van der Waals surface area contributed by atoms with Gasteiger partial charge in [-0.2, -0.15) is 0 Å². The van der Waals surface area contributed by atoms with Gasteiger partial charge in [-0.1, -0.05) is 38.5 Å². The predicted molar refractivity (Wildman–Crippen MR) is 89.1 cm³/mol. The number of hydrogen-bond acceptors (Lipinski definition) is 3. The molecule has 3 heteroatoms. The number of esters is 1. The Labute approximate surface area is 134 Å². The van der Waals surface area contributed by atoms with Crippen LogP contribution in [0.15, 0.2) is 18.2 Å². The number of carbonyl (C=O) groups is 2. The highest BCUT2D eigenvalue weighted by molar-refractivity contribution is 6.01. The minimum Gasteiger partial charge on any atom is -0.465 e. The van der Waals surface area contributed by atoms with Gasteiger partial charge in [0.05, 0.1) is 6.61 Å². The molecule has 1 aromatic carbocycles. The molecular weight excluding hydrogens is 276 g/mol. The number of aryl methyl sites for hydroxylation is 2. The third-order valence-electron chi connectivity index (χ3n) is 4.21. The van der Waals surface area contributed by atoms with Crippen molar-refractivity contribution < 1.29 is 14.3 Å². The molecule has 0 unspecified atom stereocenters. The molecule has 0 aliphatic heterocycles. The minimum absolute atomic E-state index is 0.0994. The number of rotatable bonds is 8. The molecule has 0 amide bonds. The molecule has 0 saturated carbocycles. The van der Waals surface area contributed by atoms with E-state index in [0.717, 1.165) is 24.8 Å². The Kier molecular flexibility index (Phi) is 6.79. The lowest BCUT2D eigenvalue weighted by Crippen LogP contribution is -2.31. The molecule has 0 spiro atoms. The number of benzene rings is 1. The SMILES string of the molecule is CCCCOC(=O)CC(=O)C(C)(C)c1ccc(CC)c(C)c1. The first-order valence-corrected chi connectivity index (χ1v) is 8.11. The second-order valence-electron chi connectivity index (χ2n) is 6.29. The van der Waals surface area contributed by atoms with Gasteiger partial charge in [0.2, 0.25) is 0 Å². The van der Waals surface area contributed by atoms with Crippen LogP contribution >= 0.6 is 0 Å². The maximum atomic E-state index is 12.5. The normalized spacial score (nSPS) is 11.3. The molecule has 0 N–H and O–H groups in total. The van der Waals surface area contributed by atoms with Gasteiger partial charge in [0.15, 0.2) is 5.78 Å². The zero-order valence-electron chi connectivity index (χ0n) is 14.5. The van der Waals surface area contributed by atoms with Gasteiger partial charge in [-0.15, -0.1) is 0 Å². The molecule has 0 aliphatic rings. The third kappa shape index (κ3) is 4.69. The van der Waals surface area contributed by atoms with Crippen LogP contribution in [-0.4, -0.2) is 18.4 Å². The van der Waals surface area contributed by atoms with Crippen molar-refractivity contribution in [3.63, 3.8) is 0 Å². The molecular formula is C19H28O3. The average Bonchev–Trinajstić information content (AvgIpc) is 2.47. The lowest BCUT2D eigenvalue weighted by molar-refractivity contribution is -0.147. The maximum Gasteiger partial charge on any atom is 0.313 e. The number of Topliss-reactive ketones (excluding diaryl/α,β-unsaturated/α-hetero) is 1. The summed E-state index contributed by atoms with van der Waals surface area (Å²) >= 11 is 0. The third-order valence-corrected chi connectivity index (χ3v) is 4.21. The Morgan fingerprint density at radius 2 is 1.86 bits per heavy atom. The van der Waals surface area contributed by atoms with Crippen LogP contribution in [0.3, 0.4) is 0 Å². The van der Waals surface area contributed by atoms with Crippen molar-refractivity contribution in [3.05, 3.63) is 34.9 Å². The van der Waals surface area contributed by atoms with Crippen molar-refractivity contribution in [3.8, 4) is 0 Å². The summed E-state index contributed by atoms with van der Waals surface area (Å²) in [6.45, 7) is 10.3. The van der Waals surface area contributed by atoms with Gasteiger partial charge in [-0.25, -0.2) is 0 Å². The summed E-state index contributed by atoms with van der Waals surface area (Å²) in [7, 11) is 0. The zero-order chi connectivity index (χ0) is 16.8. The summed E-state index contributed by atoms with van der Waals surface area (Å²) in [5, 5.41) is 0. The maximum absolute atomic E-state index is 12.5. The molecule has 22 heavy (non-hydrogen) atoms. The number of ether oxygens (including phenoxy) is 1. The van der Waals surface area contributed by atoms with Gasteiger partial charge >= 0.3 is 5.97 Å². The molecule has 0 bridgehead atoms. The molecule has 0 aliphatic carbocycles. The Balaban J connectivity index is 2.78. The number of carbonyl (C=O) groups excluding carboxylic acids is 2. The lowest BCUT2D eigenvalue weighted by Gasteiger charge is -2.24. The summed E-state index contributed by atoms with van der Waals surface area (Å²) in [5.74, 6) is -0.522. The van der Waals surface area contributed by atoms with Crippen molar-refractivity contribution in [2.75, 3.05) is 6.61 Å². The van der Waals surface area contributed by atoms with E-state index >= 15 is 0 Å². The monoisotopic (exact) mass is 304 g/mol. The minimum atomic E-state index is -0.680. The van der Waals surface area contributed by atoms with Crippen LogP contribution in [0.4, 0.5) is 0 Å². The van der Waals surface area contributed by atoms with Crippen LogP contribution in [0.1, 0.15) is 63.6 Å². The Hall–Kier alpha value is -1.64. The van der Waals surface area contributed by atoms with Crippen molar-refractivity contribution in [1.82, 2.24) is 0 Å². The number of unbranched alkanes of at least 4 members (excludes halogenated alkanes) is 1. The fraction of sp³-hybridized carbons (Fsp3) is 0.579. The standard InChI is InChI=1S/C19H28O3/c1-6-8-11-22-18(21)13-17(20)19(4,5)16-10-9-15(7-2)14(3)12-16/h9-10,12H,6-8,11,13H2,1-5H3. The van der Waals surface area contributed by atoms with Gasteiger partial charge in [0.25, 0.3) is 0 Å². The molecule has 122 valence electrons. The first-order valence-electron chi connectivity index (χ1n) is 8.11. The molecule has 0 aromatic heterocycles. The van der Waals surface area contributed by atoms with Gasteiger partial charge < -0.3 is 4.74 Å². The Morgan fingerprint density at radius 1 is 1.18 bits per heavy atom. The Bertz CT molecular complexity index is 529. The van der Waals surface area contributed by atoms with E-state index in [4.69, 9.17) is 4.74 Å². The molecule has 0 fully saturated rings. The molecule has 0 atom stereocenters. The second-order valence-corrected chi connectivity index (χ2v) is 6.29. The van der Waals surface area contributed by atoms with Gasteiger partial charge in [-0.3, -0.25) is 9.59 Å². The van der Waals surface area contributed by atoms with Crippen molar-refractivity contribution >= 4 is 11.8 Å². The molecule has 1 aromatic rings. The summed E-state index contributed by atoms with van der Waals surface area (Å²) < 4.78 is 5.08. The molecule has 3 nitrogen and oxygen atoms in total. The van der Waals surface area contributed by atoms with Crippen molar-refractivity contribution in [2.45, 2.75) is 65.7 Å². The van der Waals surface area contributed by atoms with E-state index in [9.17, 15) is 9.59 Å². The average molecular weight is 304 g/mol. The highest BCUT2D eigenvalue weighted by Crippen LogP contribution is 2.27. The van der Waals surface area contributed by atoms with E-state index in [1.54, 1.807) is 0 Å². The fourth-order valence-corrected chi connectivity index (χ4v) is 2.38. The zero-order valence-corrected chi connectivity index (χ0v) is 14.5. The van der Waals surface area contributed by atoms with E-state index < -0.39 is 11.4 Å². The number of ketones is 1. The molecule has 0 radical (unpaired) electrons. The largest absolute Gasteiger partial charge is 0.465 e. The predicted octanol–water partition coefficient (Wildman–Crippen LogP) is 4.14. The molecule has 0 saturated heterocycles. The molecule has 1 rings (SSSR count). The fourth-order valence-electron chi connectivity index (χ4n) is 2.38. The van der Waals surface area contributed by atoms with Crippen LogP contribution in [0.5, 0.6) is 0 Å². The smallest absolute Gasteiger partial charge is 0.313 e. The van der Waals surface area contributed by atoms with E-state index in [1.807, 2.05) is 26.8 Å². The van der Waals surface area contributed by atoms with Crippen LogP contribution in [0.2, 0.25) is 0 Å². The van der Waals surface area contributed by atoms with E-state index in [1.165, 1.54) is 11.1 Å². The van der Waals surface area contributed by atoms with Crippen LogP contribution in [0, 0.1) is 6.92 Å². The first kappa shape index (κ1) is 18.4.